The third kappa shape index (κ3) is 2.02. The highest BCUT2D eigenvalue weighted by Crippen LogP contribution is 2.37. The first-order chi connectivity index (χ1) is 9.79. The topological polar surface area (TPSA) is 4.93 Å². The zero-order chi connectivity index (χ0) is 13.5. The van der Waals surface area contributed by atoms with Crippen molar-refractivity contribution in [2.24, 2.45) is 0 Å². The molecule has 4 rings (SSSR count). The Morgan fingerprint density at radius 1 is 1.15 bits per heavy atom. The summed E-state index contributed by atoms with van der Waals surface area (Å²) in [6.45, 7) is 0.967. The summed E-state index contributed by atoms with van der Waals surface area (Å²) in [5.74, 6) is -0.169. The van der Waals surface area contributed by atoms with Gasteiger partial charge in [0.05, 0.1) is 0 Å². The lowest BCUT2D eigenvalue weighted by Crippen LogP contribution is -2.11. The van der Waals surface area contributed by atoms with Crippen LogP contribution in [-0.2, 0) is 13.0 Å². The number of thioether (sulfide) groups is 1. The molecule has 100 valence electrons. The van der Waals surface area contributed by atoms with Gasteiger partial charge in [-0.2, -0.15) is 0 Å². The van der Waals surface area contributed by atoms with Crippen LogP contribution in [0.1, 0.15) is 5.56 Å². The average Bonchev–Trinajstić information content (AvgIpc) is 3.02. The smallest absolute Gasteiger partial charge is 0.123 e. The highest BCUT2D eigenvalue weighted by Gasteiger charge is 2.22. The van der Waals surface area contributed by atoms with Crippen molar-refractivity contribution in [3.05, 3.63) is 66.1 Å². The van der Waals surface area contributed by atoms with Gasteiger partial charge in [-0.15, -0.1) is 11.8 Å². The molecule has 0 amide bonds. The highest BCUT2D eigenvalue weighted by atomic mass is 32.2. The molecule has 0 spiro atoms. The van der Waals surface area contributed by atoms with Crippen LogP contribution in [0.4, 0.5) is 4.39 Å². The third-order valence-corrected chi connectivity index (χ3v) is 5.15. The monoisotopic (exact) mass is 283 g/mol. The largest absolute Gasteiger partial charge is 0.346 e. The van der Waals surface area contributed by atoms with Gasteiger partial charge in [-0.3, -0.25) is 0 Å². The summed E-state index contributed by atoms with van der Waals surface area (Å²) in [7, 11) is 0. The van der Waals surface area contributed by atoms with Crippen molar-refractivity contribution in [3.8, 4) is 0 Å². The first-order valence-corrected chi connectivity index (χ1v) is 7.66. The van der Waals surface area contributed by atoms with Crippen molar-refractivity contribution in [1.82, 2.24) is 4.57 Å². The quantitative estimate of drug-likeness (QED) is 0.670. The number of aromatic nitrogens is 1. The molecule has 1 aliphatic rings. The second-order valence-corrected chi connectivity index (χ2v) is 6.57. The Hall–Kier alpha value is -1.74. The molecule has 1 nitrogen and oxygen atoms in total. The number of benzene rings is 2. The molecular formula is C17H14FNS. The number of hydrogen-bond acceptors (Lipinski definition) is 1. The fraction of sp³-hybridized carbons (Fsp3) is 0.176. The van der Waals surface area contributed by atoms with Crippen LogP contribution in [0.2, 0.25) is 0 Å². The van der Waals surface area contributed by atoms with Gasteiger partial charge < -0.3 is 4.57 Å². The Morgan fingerprint density at radius 3 is 2.95 bits per heavy atom. The highest BCUT2D eigenvalue weighted by molar-refractivity contribution is 8.00. The van der Waals surface area contributed by atoms with Crippen molar-refractivity contribution < 1.29 is 4.39 Å². The molecule has 0 saturated heterocycles. The SMILES string of the molecule is Fc1ccc2c(ccn2CC2Cc3ccccc3S2)c1. The maximum absolute atomic E-state index is 13.2. The second kappa shape index (κ2) is 4.67. The lowest BCUT2D eigenvalue weighted by Gasteiger charge is -2.11. The van der Waals surface area contributed by atoms with Gasteiger partial charge >= 0.3 is 0 Å². The predicted octanol–water partition coefficient (Wildman–Crippen LogP) is 4.50. The molecule has 1 atom stereocenters. The first kappa shape index (κ1) is 12.0. The van der Waals surface area contributed by atoms with Crippen LogP contribution in [0.15, 0.2) is 59.6 Å². The molecule has 0 fully saturated rings. The maximum Gasteiger partial charge on any atom is 0.123 e. The molecule has 1 aromatic heterocycles. The van der Waals surface area contributed by atoms with Crippen molar-refractivity contribution in [2.75, 3.05) is 0 Å². The Morgan fingerprint density at radius 2 is 2.05 bits per heavy atom. The Labute approximate surface area is 121 Å². The lowest BCUT2D eigenvalue weighted by atomic mass is 10.1. The Bertz CT molecular complexity index is 753. The Balaban J connectivity index is 1.60. The van der Waals surface area contributed by atoms with Gasteiger partial charge in [0.15, 0.2) is 0 Å². The fourth-order valence-corrected chi connectivity index (χ4v) is 4.22. The van der Waals surface area contributed by atoms with E-state index in [2.05, 4.69) is 35.0 Å². The number of halogens is 1. The molecule has 0 bridgehead atoms. The van der Waals surface area contributed by atoms with E-state index in [1.165, 1.54) is 16.5 Å². The van der Waals surface area contributed by atoms with Crippen molar-refractivity contribution in [1.29, 1.82) is 0 Å². The number of nitrogens with zero attached hydrogens (tertiary/aromatic N) is 1. The van der Waals surface area contributed by atoms with E-state index in [4.69, 9.17) is 0 Å². The van der Waals surface area contributed by atoms with Crippen LogP contribution >= 0.6 is 11.8 Å². The van der Waals surface area contributed by atoms with Gasteiger partial charge in [0.25, 0.3) is 0 Å². The molecule has 0 aliphatic carbocycles. The van der Waals surface area contributed by atoms with Crippen LogP contribution < -0.4 is 0 Å². The van der Waals surface area contributed by atoms with Crippen LogP contribution in [-0.4, -0.2) is 9.82 Å². The number of fused-ring (bicyclic) bond motifs is 2. The minimum absolute atomic E-state index is 0.169. The van der Waals surface area contributed by atoms with E-state index in [1.54, 1.807) is 6.07 Å². The second-order valence-electron chi connectivity index (χ2n) is 5.22. The minimum atomic E-state index is -0.169. The van der Waals surface area contributed by atoms with E-state index in [0.717, 1.165) is 23.9 Å². The zero-order valence-electron chi connectivity index (χ0n) is 10.9. The summed E-state index contributed by atoms with van der Waals surface area (Å²) in [5.41, 5.74) is 2.56. The number of hydrogen-bond donors (Lipinski definition) is 0. The molecule has 2 heterocycles. The Kier molecular flexibility index (Phi) is 2.81. The summed E-state index contributed by atoms with van der Waals surface area (Å²) in [6, 6.07) is 15.6. The summed E-state index contributed by atoms with van der Waals surface area (Å²) >= 11 is 1.95. The summed E-state index contributed by atoms with van der Waals surface area (Å²) in [6.07, 6.45) is 3.18. The van der Waals surface area contributed by atoms with E-state index < -0.39 is 0 Å². The van der Waals surface area contributed by atoms with Crippen LogP contribution in [0.3, 0.4) is 0 Å². The van der Waals surface area contributed by atoms with Crippen molar-refractivity contribution in [2.45, 2.75) is 23.1 Å². The van der Waals surface area contributed by atoms with Crippen LogP contribution in [0.5, 0.6) is 0 Å². The molecule has 3 heteroatoms. The average molecular weight is 283 g/mol. The van der Waals surface area contributed by atoms with E-state index in [1.807, 2.05) is 23.9 Å². The molecular weight excluding hydrogens is 269 g/mol. The van der Waals surface area contributed by atoms with Crippen LogP contribution in [0.25, 0.3) is 10.9 Å². The van der Waals surface area contributed by atoms with E-state index in [9.17, 15) is 4.39 Å². The van der Waals surface area contributed by atoms with Crippen molar-refractivity contribution >= 4 is 22.7 Å². The number of rotatable bonds is 2. The summed E-state index contributed by atoms with van der Waals surface area (Å²) < 4.78 is 15.5. The molecule has 20 heavy (non-hydrogen) atoms. The maximum atomic E-state index is 13.2. The van der Waals surface area contributed by atoms with Gasteiger partial charge in [0, 0.05) is 33.8 Å². The van der Waals surface area contributed by atoms with E-state index in [-0.39, 0.29) is 5.82 Å². The first-order valence-electron chi connectivity index (χ1n) is 6.78. The molecule has 0 N–H and O–H groups in total. The third-order valence-electron chi connectivity index (χ3n) is 3.85. The molecule has 0 radical (unpaired) electrons. The predicted molar refractivity (Wildman–Crippen MR) is 81.7 cm³/mol. The van der Waals surface area contributed by atoms with Crippen molar-refractivity contribution in [3.63, 3.8) is 0 Å². The fourth-order valence-electron chi connectivity index (χ4n) is 2.91. The summed E-state index contributed by atoms with van der Waals surface area (Å²) in [4.78, 5) is 1.40. The molecule has 1 aliphatic heterocycles. The van der Waals surface area contributed by atoms with Crippen LogP contribution in [0, 0.1) is 5.82 Å². The molecule has 2 aromatic carbocycles. The molecule has 1 unspecified atom stereocenters. The van der Waals surface area contributed by atoms with Gasteiger partial charge in [-0.05, 0) is 42.3 Å². The zero-order valence-corrected chi connectivity index (χ0v) is 11.7. The van der Waals surface area contributed by atoms with E-state index in [0.29, 0.717) is 5.25 Å². The van der Waals surface area contributed by atoms with Gasteiger partial charge in [-0.25, -0.2) is 4.39 Å². The van der Waals surface area contributed by atoms with Gasteiger partial charge in [0.1, 0.15) is 5.82 Å². The normalized spacial score (nSPS) is 17.6. The minimum Gasteiger partial charge on any atom is -0.346 e. The van der Waals surface area contributed by atoms with Gasteiger partial charge in [0.2, 0.25) is 0 Å². The van der Waals surface area contributed by atoms with Gasteiger partial charge in [-0.1, -0.05) is 18.2 Å². The van der Waals surface area contributed by atoms with E-state index >= 15 is 0 Å². The molecule has 0 saturated carbocycles. The summed E-state index contributed by atoms with van der Waals surface area (Å²) in [5, 5.41) is 1.54. The lowest BCUT2D eigenvalue weighted by molar-refractivity contribution is 0.629. The standard InChI is InChI=1S/C17H14FNS/c18-14-5-6-16-12(9-14)7-8-19(16)11-15-10-13-3-1-2-4-17(13)20-15/h1-9,15H,10-11H2. The molecule has 3 aromatic rings.